The number of carbonyl (C=O) groups excluding carboxylic acids is 1. The third-order valence-corrected chi connectivity index (χ3v) is 3.57. The second-order valence-electron chi connectivity index (χ2n) is 5.43. The molecule has 0 aliphatic rings. The van der Waals surface area contributed by atoms with E-state index in [1.807, 2.05) is 31.2 Å². The van der Waals surface area contributed by atoms with Gasteiger partial charge in [0, 0.05) is 31.7 Å². The van der Waals surface area contributed by atoms with Gasteiger partial charge in [-0.2, -0.15) is 0 Å². The maximum atomic E-state index is 11.7. The fourth-order valence-electron chi connectivity index (χ4n) is 1.76. The summed E-state index contributed by atoms with van der Waals surface area (Å²) in [5.41, 5.74) is 1.09. The number of hydrogen-bond donors (Lipinski definition) is 2. The van der Waals surface area contributed by atoms with Crippen LogP contribution in [0.3, 0.4) is 0 Å². The number of nitrogens with one attached hydrogen (secondary N) is 2. The molecule has 0 heterocycles. The summed E-state index contributed by atoms with van der Waals surface area (Å²) in [4.78, 5) is 17.8. The number of aliphatic imine (C=N–C) groups is 1. The molecule has 0 spiro atoms. The van der Waals surface area contributed by atoms with Crippen LogP contribution in [-0.4, -0.2) is 57.2 Å². The summed E-state index contributed by atoms with van der Waals surface area (Å²) in [5, 5.41) is 6.28. The van der Waals surface area contributed by atoms with Gasteiger partial charge in [0.1, 0.15) is 0 Å². The number of guanidine groups is 1. The van der Waals surface area contributed by atoms with Crippen molar-refractivity contribution >= 4 is 51.8 Å². The Morgan fingerprint density at radius 3 is 2.50 bits per heavy atom. The molecule has 6 nitrogen and oxygen atoms in total. The van der Waals surface area contributed by atoms with Gasteiger partial charge in [0.2, 0.25) is 5.91 Å². The number of methoxy groups -OCH3 is 1. The fourth-order valence-corrected chi connectivity index (χ4v) is 2.02. The Morgan fingerprint density at radius 2 is 1.96 bits per heavy atom. The molecule has 136 valence electrons. The summed E-state index contributed by atoms with van der Waals surface area (Å²) in [5.74, 6) is 0.579. The van der Waals surface area contributed by atoms with Gasteiger partial charge < -0.3 is 20.3 Å². The molecule has 0 aliphatic carbocycles. The number of halogens is 2. The molecule has 0 fully saturated rings. The van der Waals surface area contributed by atoms with Crippen LogP contribution in [0, 0.1) is 0 Å². The molecule has 0 saturated carbocycles. The largest absolute Gasteiger partial charge is 0.383 e. The smallest absolute Gasteiger partial charge is 0.241 e. The van der Waals surface area contributed by atoms with Crippen LogP contribution >= 0.6 is 39.9 Å². The molecule has 0 radical (unpaired) electrons. The van der Waals surface area contributed by atoms with Crippen molar-refractivity contribution < 1.29 is 9.53 Å². The van der Waals surface area contributed by atoms with Crippen molar-refractivity contribution in [2.75, 3.05) is 34.4 Å². The monoisotopic (exact) mass is 512 g/mol. The standard InChI is InChI=1S/C16H25BrN4O2.HI/c1-12(11-23-4)20-16(19-10-15(22)21(2)3)18-9-13-5-7-14(17)8-6-13;/h5-8,12H,9-11H2,1-4H3,(H2,18,19,20);1H. The first-order valence-electron chi connectivity index (χ1n) is 7.40. The molecule has 1 amide bonds. The van der Waals surface area contributed by atoms with Crippen LogP contribution in [0.2, 0.25) is 0 Å². The number of hydrogen-bond acceptors (Lipinski definition) is 3. The van der Waals surface area contributed by atoms with Gasteiger partial charge in [0.05, 0.1) is 19.7 Å². The van der Waals surface area contributed by atoms with Crippen molar-refractivity contribution in [3.8, 4) is 0 Å². The highest BCUT2D eigenvalue weighted by Crippen LogP contribution is 2.11. The van der Waals surface area contributed by atoms with Gasteiger partial charge in [0.15, 0.2) is 5.96 Å². The molecular weight excluding hydrogens is 487 g/mol. The molecule has 1 aromatic rings. The maximum absolute atomic E-state index is 11.7. The molecular formula is C16H26BrIN4O2. The Morgan fingerprint density at radius 1 is 1.33 bits per heavy atom. The topological polar surface area (TPSA) is 66.0 Å². The maximum Gasteiger partial charge on any atom is 0.241 e. The van der Waals surface area contributed by atoms with Gasteiger partial charge in [-0.25, -0.2) is 4.99 Å². The predicted octanol–water partition coefficient (Wildman–Crippen LogP) is 2.23. The third kappa shape index (κ3) is 9.43. The van der Waals surface area contributed by atoms with E-state index in [1.54, 1.807) is 21.2 Å². The molecule has 1 unspecified atom stereocenters. The predicted molar refractivity (Wildman–Crippen MR) is 112 cm³/mol. The van der Waals surface area contributed by atoms with E-state index in [-0.39, 0.29) is 42.5 Å². The lowest BCUT2D eigenvalue weighted by Crippen LogP contribution is -2.47. The van der Waals surface area contributed by atoms with Gasteiger partial charge in [-0.05, 0) is 24.6 Å². The zero-order valence-corrected chi connectivity index (χ0v) is 18.4. The van der Waals surface area contributed by atoms with Crippen LogP contribution in [0.25, 0.3) is 0 Å². The van der Waals surface area contributed by atoms with Crippen LogP contribution in [0.15, 0.2) is 33.7 Å². The Labute approximate surface area is 169 Å². The number of benzene rings is 1. The highest BCUT2D eigenvalue weighted by atomic mass is 127. The highest BCUT2D eigenvalue weighted by molar-refractivity contribution is 14.0. The summed E-state index contributed by atoms with van der Waals surface area (Å²) < 4.78 is 6.15. The van der Waals surface area contributed by atoms with Crippen molar-refractivity contribution in [2.24, 2.45) is 4.99 Å². The first-order valence-corrected chi connectivity index (χ1v) is 8.20. The fraction of sp³-hybridized carbons (Fsp3) is 0.500. The first kappa shape index (κ1) is 23.1. The Hall–Kier alpha value is -0.870. The highest BCUT2D eigenvalue weighted by Gasteiger charge is 2.08. The molecule has 0 saturated heterocycles. The van der Waals surface area contributed by atoms with Crippen LogP contribution in [0.4, 0.5) is 0 Å². The molecule has 0 aliphatic heterocycles. The molecule has 1 rings (SSSR count). The van der Waals surface area contributed by atoms with E-state index in [1.165, 1.54) is 4.90 Å². The van der Waals surface area contributed by atoms with E-state index in [0.717, 1.165) is 10.0 Å². The van der Waals surface area contributed by atoms with Crippen molar-refractivity contribution in [1.82, 2.24) is 15.5 Å². The average molecular weight is 513 g/mol. The normalized spacial score (nSPS) is 12.1. The van der Waals surface area contributed by atoms with Crippen molar-refractivity contribution in [3.63, 3.8) is 0 Å². The minimum absolute atomic E-state index is 0. The van der Waals surface area contributed by atoms with E-state index in [4.69, 9.17) is 4.74 Å². The minimum Gasteiger partial charge on any atom is -0.383 e. The number of nitrogens with zero attached hydrogens (tertiary/aromatic N) is 2. The zero-order chi connectivity index (χ0) is 17.2. The Kier molecular flexibility index (Phi) is 12.0. The summed E-state index contributed by atoms with van der Waals surface area (Å²) >= 11 is 3.41. The minimum atomic E-state index is -0.0115. The molecule has 24 heavy (non-hydrogen) atoms. The lowest BCUT2D eigenvalue weighted by atomic mass is 10.2. The number of carbonyl (C=O) groups is 1. The van der Waals surface area contributed by atoms with Crippen LogP contribution in [-0.2, 0) is 16.1 Å². The quantitative estimate of drug-likeness (QED) is 0.334. The van der Waals surface area contributed by atoms with Crippen LogP contribution < -0.4 is 10.6 Å². The second kappa shape index (κ2) is 12.5. The van der Waals surface area contributed by atoms with E-state index >= 15 is 0 Å². The van der Waals surface area contributed by atoms with Gasteiger partial charge in [-0.15, -0.1) is 24.0 Å². The van der Waals surface area contributed by atoms with E-state index in [2.05, 4.69) is 31.6 Å². The van der Waals surface area contributed by atoms with Crippen molar-refractivity contribution in [2.45, 2.75) is 19.5 Å². The van der Waals surface area contributed by atoms with Crippen molar-refractivity contribution in [1.29, 1.82) is 0 Å². The summed E-state index contributed by atoms with van der Waals surface area (Å²) in [7, 11) is 5.10. The van der Waals surface area contributed by atoms with Crippen LogP contribution in [0.5, 0.6) is 0 Å². The molecule has 0 aromatic heterocycles. The van der Waals surface area contributed by atoms with E-state index in [9.17, 15) is 4.79 Å². The third-order valence-electron chi connectivity index (χ3n) is 3.04. The van der Waals surface area contributed by atoms with E-state index < -0.39 is 0 Å². The number of ether oxygens (including phenoxy) is 1. The Balaban J connectivity index is 0.00000529. The first-order chi connectivity index (χ1) is 10.9. The zero-order valence-electron chi connectivity index (χ0n) is 14.5. The van der Waals surface area contributed by atoms with Gasteiger partial charge in [-0.3, -0.25) is 4.79 Å². The molecule has 2 N–H and O–H groups in total. The SMILES string of the molecule is COCC(C)NC(=NCc1ccc(Br)cc1)NCC(=O)N(C)C.I. The Bertz CT molecular complexity index is 523. The number of amides is 1. The summed E-state index contributed by atoms with van der Waals surface area (Å²) in [6.45, 7) is 3.27. The average Bonchev–Trinajstić information content (AvgIpc) is 2.51. The molecule has 1 atom stereocenters. The summed E-state index contributed by atoms with van der Waals surface area (Å²) in [6.07, 6.45) is 0. The van der Waals surface area contributed by atoms with Gasteiger partial charge >= 0.3 is 0 Å². The lowest BCUT2D eigenvalue weighted by Gasteiger charge is -2.18. The number of rotatable bonds is 7. The number of likely N-dealkylation sites (N-methyl/N-ethyl adjacent to an activating group) is 1. The molecule has 1 aromatic carbocycles. The van der Waals surface area contributed by atoms with E-state index in [0.29, 0.717) is 19.1 Å². The van der Waals surface area contributed by atoms with Gasteiger partial charge in [0.25, 0.3) is 0 Å². The van der Waals surface area contributed by atoms with Crippen molar-refractivity contribution in [3.05, 3.63) is 34.3 Å². The van der Waals surface area contributed by atoms with Gasteiger partial charge in [-0.1, -0.05) is 28.1 Å². The molecule has 0 bridgehead atoms. The van der Waals surface area contributed by atoms with Crippen LogP contribution in [0.1, 0.15) is 12.5 Å². The second-order valence-corrected chi connectivity index (χ2v) is 6.35. The molecule has 8 heteroatoms. The summed E-state index contributed by atoms with van der Waals surface area (Å²) in [6, 6.07) is 8.07. The lowest BCUT2D eigenvalue weighted by molar-refractivity contribution is -0.127.